The van der Waals surface area contributed by atoms with Gasteiger partial charge in [-0.1, -0.05) is 11.2 Å². The first-order valence-corrected chi connectivity index (χ1v) is 6.82. The van der Waals surface area contributed by atoms with Crippen molar-refractivity contribution in [1.29, 1.82) is 0 Å². The SMILES string of the molecule is Oc1ccc(-c2onc3c2CCc2ccc(O)cc2-3)cc1. The minimum absolute atomic E-state index is 0.224. The third kappa shape index (κ3) is 1.88. The Morgan fingerprint density at radius 2 is 1.67 bits per heavy atom. The quantitative estimate of drug-likeness (QED) is 0.715. The van der Waals surface area contributed by atoms with Gasteiger partial charge >= 0.3 is 0 Å². The molecule has 0 bridgehead atoms. The second-order valence-corrected chi connectivity index (χ2v) is 5.23. The molecule has 4 nitrogen and oxygen atoms in total. The van der Waals surface area contributed by atoms with Gasteiger partial charge in [-0.15, -0.1) is 0 Å². The van der Waals surface area contributed by atoms with Gasteiger partial charge in [-0.2, -0.15) is 0 Å². The summed E-state index contributed by atoms with van der Waals surface area (Å²) in [6, 6.07) is 12.3. The largest absolute Gasteiger partial charge is 0.508 e. The Morgan fingerprint density at radius 1 is 0.905 bits per heavy atom. The number of fused-ring (bicyclic) bond motifs is 3. The topological polar surface area (TPSA) is 66.5 Å². The zero-order chi connectivity index (χ0) is 14.4. The van der Waals surface area contributed by atoms with E-state index in [1.165, 1.54) is 5.56 Å². The molecule has 4 heteroatoms. The lowest BCUT2D eigenvalue weighted by Gasteiger charge is -2.15. The summed E-state index contributed by atoms with van der Waals surface area (Å²) in [5.41, 5.74) is 4.86. The van der Waals surface area contributed by atoms with Gasteiger partial charge in [0.2, 0.25) is 0 Å². The van der Waals surface area contributed by atoms with Crippen molar-refractivity contribution in [2.24, 2.45) is 0 Å². The fourth-order valence-corrected chi connectivity index (χ4v) is 2.85. The zero-order valence-corrected chi connectivity index (χ0v) is 11.2. The lowest BCUT2D eigenvalue weighted by atomic mass is 9.88. The first-order chi connectivity index (χ1) is 10.2. The maximum Gasteiger partial charge on any atom is 0.170 e. The van der Waals surface area contributed by atoms with Crippen LogP contribution in [-0.4, -0.2) is 15.4 Å². The van der Waals surface area contributed by atoms with Crippen LogP contribution < -0.4 is 0 Å². The summed E-state index contributed by atoms with van der Waals surface area (Å²) in [6.07, 6.45) is 1.75. The smallest absolute Gasteiger partial charge is 0.170 e. The number of aryl methyl sites for hydroxylation is 1. The molecule has 0 fully saturated rings. The van der Waals surface area contributed by atoms with Gasteiger partial charge in [-0.25, -0.2) is 0 Å². The van der Waals surface area contributed by atoms with Crippen LogP contribution in [0.3, 0.4) is 0 Å². The molecule has 4 rings (SSSR count). The second-order valence-electron chi connectivity index (χ2n) is 5.23. The van der Waals surface area contributed by atoms with Gasteiger partial charge < -0.3 is 14.7 Å². The van der Waals surface area contributed by atoms with Crippen LogP contribution in [0.2, 0.25) is 0 Å². The van der Waals surface area contributed by atoms with E-state index in [0.717, 1.165) is 41.0 Å². The molecule has 0 unspecified atom stereocenters. The summed E-state index contributed by atoms with van der Waals surface area (Å²) in [7, 11) is 0. The van der Waals surface area contributed by atoms with E-state index in [1.54, 1.807) is 24.3 Å². The Bertz CT molecular complexity index is 819. The minimum Gasteiger partial charge on any atom is -0.508 e. The van der Waals surface area contributed by atoms with E-state index in [0.29, 0.717) is 0 Å². The van der Waals surface area contributed by atoms with Crippen molar-refractivity contribution in [2.45, 2.75) is 12.8 Å². The van der Waals surface area contributed by atoms with E-state index in [-0.39, 0.29) is 11.5 Å². The van der Waals surface area contributed by atoms with Gasteiger partial charge in [-0.3, -0.25) is 0 Å². The Kier molecular flexibility index (Phi) is 2.51. The maximum absolute atomic E-state index is 9.68. The molecule has 2 aromatic carbocycles. The standard InChI is InChI=1S/C17H13NO3/c19-12-5-2-11(3-6-12)17-14-8-4-10-1-7-13(20)9-15(10)16(14)18-21-17/h1-3,5-7,9,19-20H,4,8H2. The van der Waals surface area contributed by atoms with Crippen molar-refractivity contribution in [3.05, 3.63) is 53.6 Å². The number of hydrogen-bond acceptors (Lipinski definition) is 4. The number of rotatable bonds is 1. The monoisotopic (exact) mass is 279 g/mol. The molecule has 21 heavy (non-hydrogen) atoms. The van der Waals surface area contributed by atoms with Crippen molar-refractivity contribution < 1.29 is 14.7 Å². The van der Waals surface area contributed by atoms with Gasteiger partial charge in [0, 0.05) is 16.7 Å². The number of phenols is 2. The predicted octanol–water partition coefficient (Wildman–Crippen LogP) is 3.52. The highest BCUT2D eigenvalue weighted by Crippen LogP contribution is 2.39. The van der Waals surface area contributed by atoms with E-state index in [9.17, 15) is 10.2 Å². The fourth-order valence-electron chi connectivity index (χ4n) is 2.85. The lowest BCUT2D eigenvalue weighted by molar-refractivity contribution is 0.434. The number of benzene rings is 2. The van der Waals surface area contributed by atoms with Crippen molar-refractivity contribution in [3.8, 4) is 34.1 Å². The molecule has 0 aliphatic heterocycles. The second kappa shape index (κ2) is 4.38. The number of hydrogen-bond donors (Lipinski definition) is 2. The van der Waals surface area contributed by atoms with Crippen molar-refractivity contribution >= 4 is 0 Å². The molecular formula is C17H13NO3. The third-order valence-corrected chi connectivity index (χ3v) is 3.91. The zero-order valence-electron chi connectivity index (χ0n) is 11.2. The van der Waals surface area contributed by atoms with Crippen LogP contribution in [0.1, 0.15) is 11.1 Å². The Labute approximate surface area is 121 Å². The van der Waals surface area contributed by atoms with Gasteiger partial charge in [0.15, 0.2) is 5.76 Å². The molecule has 0 saturated heterocycles. The Hall–Kier alpha value is -2.75. The van der Waals surface area contributed by atoms with E-state index in [1.807, 2.05) is 18.2 Å². The number of aromatic nitrogens is 1. The molecule has 3 aromatic rings. The lowest BCUT2D eigenvalue weighted by Crippen LogP contribution is -2.03. The van der Waals surface area contributed by atoms with Gasteiger partial charge in [-0.05, 0) is 54.8 Å². The first kappa shape index (κ1) is 12.0. The Morgan fingerprint density at radius 3 is 2.48 bits per heavy atom. The summed E-state index contributed by atoms with van der Waals surface area (Å²) in [4.78, 5) is 0. The molecule has 1 aliphatic rings. The summed E-state index contributed by atoms with van der Waals surface area (Å²) in [6.45, 7) is 0. The molecule has 1 heterocycles. The number of aromatic hydroxyl groups is 2. The van der Waals surface area contributed by atoms with Crippen LogP contribution in [0.25, 0.3) is 22.6 Å². The van der Waals surface area contributed by atoms with Gasteiger partial charge in [0.25, 0.3) is 0 Å². The van der Waals surface area contributed by atoms with Crippen molar-refractivity contribution in [3.63, 3.8) is 0 Å². The van der Waals surface area contributed by atoms with Gasteiger partial charge in [0.1, 0.15) is 17.2 Å². The van der Waals surface area contributed by atoms with E-state index >= 15 is 0 Å². The number of phenolic OH excluding ortho intramolecular Hbond substituents is 2. The molecule has 1 aliphatic carbocycles. The van der Waals surface area contributed by atoms with Crippen molar-refractivity contribution in [1.82, 2.24) is 5.16 Å². The van der Waals surface area contributed by atoms with Crippen molar-refractivity contribution in [2.75, 3.05) is 0 Å². The summed E-state index contributed by atoms with van der Waals surface area (Å²) >= 11 is 0. The van der Waals surface area contributed by atoms with Crippen LogP contribution in [-0.2, 0) is 12.8 Å². The average molecular weight is 279 g/mol. The molecule has 104 valence electrons. The predicted molar refractivity (Wildman–Crippen MR) is 78.1 cm³/mol. The molecule has 0 spiro atoms. The molecular weight excluding hydrogens is 266 g/mol. The molecule has 0 amide bonds. The van der Waals surface area contributed by atoms with E-state index < -0.39 is 0 Å². The van der Waals surface area contributed by atoms with Crippen LogP contribution in [0.15, 0.2) is 47.0 Å². The molecule has 0 atom stereocenters. The van der Waals surface area contributed by atoms with E-state index in [4.69, 9.17) is 4.52 Å². The van der Waals surface area contributed by atoms with Crippen LogP contribution in [0.4, 0.5) is 0 Å². The minimum atomic E-state index is 0.224. The summed E-state index contributed by atoms with van der Waals surface area (Å²) in [5.74, 6) is 1.19. The van der Waals surface area contributed by atoms with Crippen LogP contribution >= 0.6 is 0 Å². The maximum atomic E-state index is 9.68. The molecule has 2 N–H and O–H groups in total. The highest BCUT2D eigenvalue weighted by Gasteiger charge is 2.25. The normalized spacial score (nSPS) is 12.8. The number of nitrogens with zero attached hydrogens (tertiary/aromatic N) is 1. The summed E-state index contributed by atoms with van der Waals surface area (Å²) in [5, 5.41) is 23.3. The summed E-state index contributed by atoms with van der Waals surface area (Å²) < 4.78 is 5.53. The van der Waals surface area contributed by atoms with Crippen LogP contribution in [0.5, 0.6) is 11.5 Å². The van der Waals surface area contributed by atoms with Crippen LogP contribution in [0, 0.1) is 0 Å². The molecule has 0 saturated carbocycles. The first-order valence-electron chi connectivity index (χ1n) is 6.82. The molecule has 1 aromatic heterocycles. The third-order valence-electron chi connectivity index (χ3n) is 3.91. The fraction of sp³-hybridized carbons (Fsp3) is 0.118. The highest BCUT2D eigenvalue weighted by atomic mass is 16.5. The Balaban J connectivity index is 1.87. The molecule has 0 radical (unpaired) electrons. The highest BCUT2D eigenvalue weighted by molar-refractivity contribution is 5.77. The van der Waals surface area contributed by atoms with E-state index in [2.05, 4.69) is 5.16 Å². The average Bonchev–Trinajstić information content (AvgIpc) is 2.92. The van der Waals surface area contributed by atoms with Gasteiger partial charge in [0.05, 0.1) is 0 Å².